The van der Waals surface area contributed by atoms with Gasteiger partial charge in [-0.2, -0.15) is 0 Å². The van der Waals surface area contributed by atoms with Crippen LogP contribution in [0.3, 0.4) is 0 Å². The van der Waals surface area contributed by atoms with Gasteiger partial charge in [-0.1, -0.05) is 133 Å². The lowest BCUT2D eigenvalue weighted by Crippen LogP contribution is -2.30. The molecule has 0 radical (unpaired) electrons. The van der Waals surface area contributed by atoms with Crippen molar-refractivity contribution in [1.29, 1.82) is 0 Å². The van der Waals surface area contributed by atoms with E-state index in [1.807, 2.05) is 30.3 Å². The van der Waals surface area contributed by atoms with Crippen molar-refractivity contribution in [2.24, 2.45) is 0 Å². The molecule has 0 spiro atoms. The highest BCUT2D eigenvalue weighted by Gasteiger charge is 2.13. The van der Waals surface area contributed by atoms with Gasteiger partial charge in [0.15, 0.2) is 0 Å². The number of ether oxygens (including phenoxy) is 1. The first kappa shape index (κ1) is 49.5. The van der Waals surface area contributed by atoms with Crippen LogP contribution in [0.15, 0.2) is 92.0 Å². The molecule has 0 heterocycles. The summed E-state index contributed by atoms with van der Waals surface area (Å²) in [7, 11) is -3.06. The van der Waals surface area contributed by atoms with E-state index in [0.29, 0.717) is 41.7 Å². The Balaban J connectivity index is 0.000000404. The third-order valence-electron chi connectivity index (χ3n) is 9.44. The molecule has 3 rings (SSSR count). The molecule has 3 aromatic rings. The predicted octanol–water partition coefficient (Wildman–Crippen LogP) is 6.66. The maximum absolute atomic E-state index is 12.0. The highest BCUT2D eigenvalue weighted by atomic mass is 16.5. The van der Waals surface area contributed by atoms with Crippen LogP contribution < -0.4 is 31.6 Å². The third-order valence-corrected chi connectivity index (χ3v) is 9.44. The van der Waals surface area contributed by atoms with Crippen molar-refractivity contribution in [2.75, 3.05) is 23.8 Å². The SMILES string of the molecule is C=CC(=O)NCCCCCCCCCCC(=O)Nc1cccc(B(O)O)c1.C=Cc1ccc(OCCCCCCCCCCC(=O)Nc2cccc(B(O)O)c2)cc1. The summed E-state index contributed by atoms with van der Waals surface area (Å²) in [5.74, 6) is 0.705. The summed E-state index contributed by atoms with van der Waals surface area (Å²) in [4.78, 5) is 34.9. The number of unbranched alkanes of at least 4 members (excludes halogenated alkanes) is 14. The summed E-state index contributed by atoms with van der Waals surface area (Å²) in [5, 5.41) is 45.0. The fourth-order valence-electron chi connectivity index (χ4n) is 6.09. The van der Waals surface area contributed by atoms with Gasteiger partial charge in [0.25, 0.3) is 0 Å². The van der Waals surface area contributed by atoms with E-state index in [1.54, 1.807) is 48.5 Å². The Bertz CT molecular complexity index is 1620. The Hall–Kier alpha value is -4.68. The zero-order valence-corrected chi connectivity index (χ0v) is 34.2. The molecule has 314 valence electrons. The van der Waals surface area contributed by atoms with Crippen LogP contribution in [0.25, 0.3) is 6.08 Å². The van der Waals surface area contributed by atoms with Crippen molar-refractivity contribution in [2.45, 2.75) is 116 Å². The molecule has 13 heteroatoms. The maximum Gasteiger partial charge on any atom is 0.488 e. The van der Waals surface area contributed by atoms with Crippen molar-refractivity contribution >= 4 is 60.3 Å². The first-order valence-corrected chi connectivity index (χ1v) is 20.9. The Morgan fingerprint density at radius 1 is 0.569 bits per heavy atom. The van der Waals surface area contributed by atoms with Crippen LogP contribution in [0.1, 0.15) is 121 Å². The van der Waals surface area contributed by atoms with Gasteiger partial charge in [0.1, 0.15) is 5.75 Å². The second kappa shape index (κ2) is 31.3. The predicted molar refractivity (Wildman–Crippen MR) is 238 cm³/mol. The number of nitrogens with one attached hydrogen (secondary N) is 3. The van der Waals surface area contributed by atoms with Gasteiger partial charge in [-0.05, 0) is 84.6 Å². The van der Waals surface area contributed by atoms with Crippen molar-refractivity contribution in [1.82, 2.24) is 5.32 Å². The highest BCUT2D eigenvalue weighted by molar-refractivity contribution is 6.59. The van der Waals surface area contributed by atoms with E-state index in [1.165, 1.54) is 38.2 Å². The van der Waals surface area contributed by atoms with Crippen LogP contribution in [-0.2, 0) is 14.4 Å². The number of hydrogen-bond donors (Lipinski definition) is 7. The number of anilines is 2. The number of benzene rings is 3. The van der Waals surface area contributed by atoms with Crippen LogP contribution in [0.2, 0.25) is 0 Å². The molecule has 0 atom stereocenters. The molecule has 3 aromatic carbocycles. The first-order chi connectivity index (χ1) is 28.1. The smallest absolute Gasteiger partial charge is 0.488 e. The fourth-order valence-corrected chi connectivity index (χ4v) is 6.09. The van der Waals surface area contributed by atoms with Gasteiger partial charge in [0.2, 0.25) is 17.7 Å². The molecule has 0 saturated heterocycles. The molecule has 0 aliphatic carbocycles. The monoisotopic (exact) mass is 797 g/mol. The minimum Gasteiger partial charge on any atom is -0.494 e. The zero-order chi connectivity index (χ0) is 42.2. The summed E-state index contributed by atoms with van der Waals surface area (Å²) >= 11 is 0. The van der Waals surface area contributed by atoms with Gasteiger partial charge in [0.05, 0.1) is 6.61 Å². The topological polar surface area (TPSA) is 177 Å². The van der Waals surface area contributed by atoms with Crippen LogP contribution in [0, 0.1) is 0 Å². The van der Waals surface area contributed by atoms with E-state index < -0.39 is 14.2 Å². The Morgan fingerprint density at radius 3 is 1.43 bits per heavy atom. The summed E-state index contributed by atoms with van der Waals surface area (Å²) in [6.45, 7) is 8.62. The molecule has 0 aromatic heterocycles. The van der Waals surface area contributed by atoms with E-state index >= 15 is 0 Å². The largest absolute Gasteiger partial charge is 0.494 e. The van der Waals surface area contributed by atoms with Crippen molar-refractivity contribution < 1.29 is 39.2 Å². The summed E-state index contributed by atoms with van der Waals surface area (Å²) < 4.78 is 5.75. The number of hydrogen-bond acceptors (Lipinski definition) is 8. The average molecular weight is 798 g/mol. The van der Waals surface area contributed by atoms with Crippen molar-refractivity contribution in [3.05, 3.63) is 97.6 Å². The summed E-state index contributed by atoms with van der Waals surface area (Å²) in [5.41, 5.74) is 2.99. The molecule has 3 amide bonds. The normalized spacial score (nSPS) is 10.4. The van der Waals surface area contributed by atoms with Crippen LogP contribution in [0.5, 0.6) is 5.75 Å². The number of carbonyl (C=O) groups is 3. The average Bonchev–Trinajstić information content (AvgIpc) is 3.22. The molecular weight excluding hydrogens is 732 g/mol. The van der Waals surface area contributed by atoms with E-state index in [9.17, 15) is 24.4 Å². The third kappa shape index (κ3) is 24.2. The second-order valence-electron chi connectivity index (χ2n) is 14.4. The van der Waals surface area contributed by atoms with Gasteiger partial charge in [-0.25, -0.2) is 0 Å². The lowest BCUT2D eigenvalue weighted by molar-refractivity contribution is -0.117. The summed E-state index contributed by atoms with van der Waals surface area (Å²) in [6.07, 6.45) is 21.6. The van der Waals surface area contributed by atoms with E-state index in [4.69, 9.17) is 14.8 Å². The molecule has 0 bridgehead atoms. The van der Waals surface area contributed by atoms with Gasteiger partial charge in [-0.15, -0.1) is 0 Å². The molecule has 0 unspecified atom stereocenters. The quantitative estimate of drug-likeness (QED) is 0.0232. The molecule has 0 aliphatic rings. The molecule has 0 fully saturated rings. The molecular formula is C45H65B2N3O8. The minimum absolute atomic E-state index is 0.0382. The van der Waals surface area contributed by atoms with Gasteiger partial charge >= 0.3 is 14.2 Å². The molecule has 11 nitrogen and oxygen atoms in total. The van der Waals surface area contributed by atoms with E-state index in [2.05, 4.69) is 29.1 Å². The number of amides is 3. The number of rotatable bonds is 29. The van der Waals surface area contributed by atoms with Crippen LogP contribution >= 0.6 is 0 Å². The molecule has 0 aliphatic heterocycles. The molecule has 7 N–H and O–H groups in total. The second-order valence-corrected chi connectivity index (χ2v) is 14.4. The molecule has 58 heavy (non-hydrogen) atoms. The zero-order valence-electron chi connectivity index (χ0n) is 34.2. The lowest BCUT2D eigenvalue weighted by atomic mass is 9.80. The van der Waals surface area contributed by atoms with Gasteiger partial charge < -0.3 is 40.8 Å². The highest BCUT2D eigenvalue weighted by Crippen LogP contribution is 2.15. The fraction of sp³-hybridized carbons (Fsp3) is 0.444. The Morgan fingerprint density at radius 2 is 1.00 bits per heavy atom. The van der Waals surface area contributed by atoms with E-state index in [0.717, 1.165) is 88.5 Å². The number of carbonyl (C=O) groups excluding carboxylic acids is 3. The maximum atomic E-state index is 12.0. The van der Waals surface area contributed by atoms with Gasteiger partial charge in [-0.3, -0.25) is 14.4 Å². The Labute approximate surface area is 346 Å². The Kier molecular flexibility index (Phi) is 26.7. The first-order valence-electron chi connectivity index (χ1n) is 20.9. The van der Waals surface area contributed by atoms with Crippen molar-refractivity contribution in [3.8, 4) is 5.75 Å². The van der Waals surface area contributed by atoms with Crippen molar-refractivity contribution in [3.63, 3.8) is 0 Å². The standard InChI is InChI=1S/C25H34BNO4.C20H31BN2O4/c1-2-21-15-17-24(18-16-21)31-19-10-8-6-4-3-5-7-9-14-25(28)27-23-13-11-12-22(20-23)26(29)30;1-2-19(24)22-15-10-8-6-4-3-5-7-9-14-20(25)23-18-13-11-12-17(16-18)21(26)27/h2,11-13,15-18,20,29-30H,1,3-10,14,19H2,(H,27,28);2,11-13,16,26-27H,1,3-10,14-15H2,(H,22,24)(H,23,25). The van der Waals surface area contributed by atoms with Crippen LogP contribution in [0.4, 0.5) is 11.4 Å². The summed E-state index contributed by atoms with van der Waals surface area (Å²) in [6, 6.07) is 21.2. The van der Waals surface area contributed by atoms with E-state index in [-0.39, 0.29) is 17.7 Å². The van der Waals surface area contributed by atoms with Crippen LogP contribution in [-0.4, -0.2) is 65.2 Å². The lowest BCUT2D eigenvalue weighted by Gasteiger charge is -2.07. The molecule has 0 saturated carbocycles. The minimum atomic E-state index is -1.53. The van der Waals surface area contributed by atoms with Gasteiger partial charge in [0, 0.05) is 30.8 Å².